The molecule has 4 heterocycles. The Morgan fingerprint density at radius 3 is 2.56 bits per heavy atom. The summed E-state index contributed by atoms with van der Waals surface area (Å²) >= 11 is 0. The normalized spacial score (nSPS) is 16.9. The van der Waals surface area contributed by atoms with Crippen LogP contribution in [0.4, 0.5) is 4.39 Å². The van der Waals surface area contributed by atoms with E-state index in [1.807, 2.05) is 35.7 Å². The van der Waals surface area contributed by atoms with Crippen LogP contribution in [0.5, 0.6) is 0 Å². The van der Waals surface area contributed by atoms with Crippen molar-refractivity contribution in [2.45, 2.75) is 46.1 Å². The fourth-order valence-electron chi connectivity index (χ4n) is 6.32. The number of ether oxygens (including phenoxy) is 1. The molecule has 0 saturated carbocycles. The molecule has 41 heavy (non-hydrogen) atoms. The molecule has 2 aliphatic rings. The van der Waals surface area contributed by atoms with Gasteiger partial charge in [-0.1, -0.05) is 0 Å². The number of piperidine rings is 1. The predicted octanol–water partition coefficient (Wildman–Crippen LogP) is 4.31. The second-order valence-corrected chi connectivity index (χ2v) is 12.1. The van der Waals surface area contributed by atoms with E-state index in [0.29, 0.717) is 23.1 Å². The van der Waals surface area contributed by atoms with E-state index in [1.165, 1.54) is 17.7 Å². The van der Waals surface area contributed by atoms with Gasteiger partial charge < -0.3 is 24.0 Å². The van der Waals surface area contributed by atoms with Crippen LogP contribution < -0.4 is 0 Å². The van der Waals surface area contributed by atoms with Crippen molar-refractivity contribution in [3.63, 3.8) is 0 Å². The van der Waals surface area contributed by atoms with E-state index in [-0.39, 0.29) is 24.5 Å². The first-order valence-electron chi connectivity index (χ1n) is 14.7. The van der Waals surface area contributed by atoms with Gasteiger partial charge in [-0.25, -0.2) is 4.39 Å². The largest absolute Gasteiger partial charge is 0.375 e. The topological polar surface area (TPSA) is 70.9 Å². The summed E-state index contributed by atoms with van der Waals surface area (Å²) in [5.41, 5.74) is 4.26. The van der Waals surface area contributed by atoms with Crippen LogP contribution in [0.2, 0.25) is 0 Å². The van der Waals surface area contributed by atoms with Crippen molar-refractivity contribution >= 4 is 22.7 Å². The van der Waals surface area contributed by atoms with Gasteiger partial charge in [0.05, 0.1) is 23.0 Å². The quantitative estimate of drug-likeness (QED) is 0.388. The molecular weight excluding hydrogens is 521 g/mol. The molecular formula is C32H42FN5O3. The van der Waals surface area contributed by atoms with Crippen LogP contribution >= 0.6 is 0 Å². The van der Waals surface area contributed by atoms with Crippen LogP contribution in [0.15, 0.2) is 36.8 Å². The Hall–Kier alpha value is -3.30. The molecule has 0 unspecified atom stereocenters. The zero-order valence-corrected chi connectivity index (χ0v) is 24.9. The molecule has 0 aliphatic carbocycles. The Morgan fingerprint density at radius 1 is 1.15 bits per heavy atom. The van der Waals surface area contributed by atoms with E-state index in [0.717, 1.165) is 68.5 Å². The minimum Gasteiger partial charge on any atom is -0.375 e. The number of carbonyl (C=O) groups is 2. The number of amides is 2. The Labute approximate surface area is 242 Å². The summed E-state index contributed by atoms with van der Waals surface area (Å²) in [6, 6.07) is 4.44. The summed E-state index contributed by atoms with van der Waals surface area (Å²) in [4.78, 5) is 36.0. The maximum atomic E-state index is 14.4. The summed E-state index contributed by atoms with van der Waals surface area (Å²) in [6.07, 6.45) is 8.87. The SMILES string of the molecule is COCC(=O)N1CCC(CN2CC(Cc3cn(-c4ccc(F)cc4C(=O)N(C)C(C)C)c4cncc(C)c34)C2)CC1. The van der Waals surface area contributed by atoms with E-state index in [2.05, 4.69) is 23.0 Å². The van der Waals surface area contributed by atoms with E-state index in [4.69, 9.17) is 4.74 Å². The number of hydrogen-bond donors (Lipinski definition) is 0. The second kappa shape index (κ2) is 12.3. The summed E-state index contributed by atoms with van der Waals surface area (Å²) in [5.74, 6) is 0.621. The number of carbonyl (C=O) groups excluding carboxylic acids is 2. The standard InChI is InChI=1S/C32H42FN5O3/c1-21(2)35(4)32(40)27-13-26(33)6-7-28(27)38-19-25(31-22(3)14-34-15-29(31)38)12-24-17-36(18-24)16-23-8-10-37(11-9-23)30(39)20-41-5/h6-7,13-15,19,21,23-24H,8-12,16-18,20H2,1-5H3. The van der Waals surface area contributed by atoms with Crippen molar-refractivity contribution in [1.82, 2.24) is 24.3 Å². The van der Waals surface area contributed by atoms with Gasteiger partial charge in [0, 0.05) is 70.7 Å². The lowest BCUT2D eigenvalue weighted by Crippen LogP contribution is -2.51. The minimum atomic E-state index is -0.429. The number of fused-ring (bicyclic) bond motifs is 1. The predicted molar refractivity (Wildman–Crippen MR) is 158 cm³/mol. The number of pyridine rings is 1. The van der Waals surface area contributed by atoms with Crippen LogP contribution in [-0.4, -0.2) is 95.6 Å². The van der Waals surface area contributed by atoms with Crippen LogP contribution in [0.3, 0.4) is 0 Å². The zero-order valence-electron chi connectivity index (χ0n) is 24.9. The number of halogens is 1. The first kappa shape index (κ1) is 29.2. The lowest BCUT2D eigenvalue weighted by molar-refractivity contribution is -0.136. The van der Waals surface area contributed by atoms with E-state index < -0.39 is 5.82 Å². The monoisotopic (exact) mass is 563 g/mol. The van der Waals surface area contributed by atoms with E-state index in [1.54, 1.807) is 25.1 Å². The number of rotatable bonds is 9. The molecule has 220 valence electrons. The fraction of sp³-hybridized carbons (Fsp3) is 0.531. The van der Waals surface area contributed by atoms with Crippen LogP contribution in [0.25, 0.3) is 16.6 Å². The molecule has 2 aromatic heterocycles. The fourth-order valence-corrected chi connectivity index (χ4v) is 6.32. The molecule has 2 aliphatic heterocycles. The molecule has 0 N–H and O–H groups in total. The maximum absolute atomic E-state index is 14.4. The molecule has 9 heteroatoms. The van der Waals surface area contributed by atoms with Crippen molar-refractivity contribution < 1.29 is 18.7 Å². The van der Waals surface area contributed by atoms with Crippen LogP contribution in [-0.2, 0) is 16.0 Å². The molecule has 1 aromatic carbocycles. The second-order valence-electron chi connectivity index (χ2n) is 12.1. The molecule has 0 spiro atoms. The van der Waals surface area contributed by atoms with Gasteiger partial charge in [-0.15, -0.1) is 0 Å². The molecule has 2 saturated heterocycles. The minimum absolute atomic E-state index is 0.00763. The molecule has 2 fully saturated rings. The average Bonchev–Trinajstić information content (AvgIpc) is 3.30. The number of nitrogens with zero attached hydrogens (tertiary/aromatic N) is 5. The molecule has 2 amide bonds. The van der Waals surface area contributed by atoms with Gasteiger partial charge in [0.15, 0.2) is 0 Å². The van der Waals surface area contributed by atoms with Crippen molar-refractivity contribution in [3.8, 4) is 5.69 Å². The van der Waals surface area contributed by atoms with Gasteiger partial charge in [-0.3, -0.25) is 14.6 Å². The van der Waals surface area contributed by atoms with Crippen molar-refractivity contribution in [3.05, 3.63) is 59.3 Å². The summed E-state index contributed by atoms with van der Waals surface area (Å²) in [6.45, 7) is 11.0. The van der Waals surface area contributed by atoms with Gasteiger partial charge in [0.1, 0.15) is 12.4 Å². The maximum Gasteiger partial charge on any atom is 0.256 e. The summed E-state index contributed by atoms with van der Waals surface area (Å²) < 4.78 is 21.4. The van der Waals surface area contributed by atoms with Gasteiger partial charge in [0.2, 0.25) is 5.91 Å². The smallest absolute Gasteiger partial charge is 0.256 e. The Kier molecular flexibility index (Phi) is 8.75. The molecule has 0 atom stereocenters. The summed E-state index contributed by atoms with van der Waals surface area (Å²) in [7, 11) is 3.31. The van der Waals surface area contributed by atoms with Crippen LogP contribution in [0, 0.1) is 24.6 Å². The van der Waals surface area contributed by atoms with Crippen molar-refractivity contribution in [2.24, 2.45) is 11.8 Å². The van der Waals surface area contributed by atoms with Crippen LogP contribution in [0.1, 0.15) is 48.2 Å². The van der Waals surface area contributed by atoms with E-state index in [9.17, 15) is 14.0 Å². The van der Waals surface area contributed by atoms with Crippen molar-refractivity contribution in [1.29, 1.82) is 0 Å². The lowest BCUT2D eigenvalue weighted by Gasteiger charge is -2.43. The number of hydrogen-bond acceptors (Lipinski definition) is 5. The summed E-state index contributed by atoms with van der Waals surface area (Å²) in [5, 5.41) is 1.16. The molecule has 8 nitrogen and oxygen atoms in total. The third-order valence-electron chi connectivity index (χ3n) is 8.82. The van der Waals surface area contributed by atoms with Gasteiger partial charge in [0.25, 0.3) is 5.91 Å². The Balaban J connectivity index is 1.30. The number of aromatic nitrogens is 2. The van der Waals surface area contributed by atoms with Crippen molar-refractivity contribution in [2.75, 3.05) is 53.5 Å². The number of aryl methyl sites for hydroxylation is 1. The first-order chi connectivity index (χ1) is 19.7. The highest BCUT2D eigenvalue weighted by atomic mass is 19.1. The zero-order chi connectivity index (χ0) is 29.3. The van der Waals surface area contributed by atoms with E-state index >= 15 is 0 Å². The molecule has 5 rings (SSSR count). The molecule has 0 bridgehead atoms. The van der Waals surface area contributed by atoms with Gasteiger partial charge >= 0.3 is 0 Å². The van der Waals surface area contributed by atoms with Gasteiger partial charge in [-0.2, -0.15) is 0 Å². The average molecular weight is 564 g/mol. The Bertz CT molecular complexity index is 1410. The third kappa shape index (κ3) is 6.16. The lowest BCUT2D eigenvalue weighted by atomic mass is 9.88. The highest BCUT2D eigenvalue weighted by Gasteiger charge is 2.32. The Morgan fingerprint density at radius 2 is 1.88 bits per heavy atom. The first-order valence-corrected chi connectivity index (χ1v) is 14.7. The van der Waals surface area contributed by atoms with Gasteiger partial charge in [-0.05, 0) is 81.2 Å². The third-order valence-corrected chi connectivity index (χ3v) is 8.82. The molecule has 0 radical (unpaired) electrons. The highest BCUT2D eigenvalue weighted by Crippen LogP contribution is 2.33. The number of benzene rings is 1. The number of likely N-dealkylation sites (tertiary alicyclic amines) is 2. The highest BCUT2D eigenvalue weighted by molar-refractivity contribution is 5.99. The molecule has 3 aromatic rings. The number of methoxy groups -OCH3 is 1.